The molecule has 1 amide bonds. The summed E-state index contributed by atoms with van der Waals surface area (Å²) in [6, 6.07) is 0. The summed E-state index contributed by atoms with van der Waals surface area (Å²) in [6.07, 6.45) is 19.7. The number of carbonyl (C=O) groups excluding carboxylic acids is 6. The molecule has 6 aromatic rings. The molecule has 0 aromatic carbocycles. The van der Waals surface area contributed by atoms with E-state index in [1.165, 1.54) is 34.2 Å². The number of hydrogen-bond donors (Lipinski definition) is 4. The highest BCUT2D eigenvalue weighted by Crippen LogP contribution is 2.20. The molecule has 8 rings (SSSR count). The molecule has 0 saturated heterocycles. The molecule has 23 nitrogen and oxygen atoms in total. The van der Waals surface area contributed by atoms with E-state index in [1.54, 1.807) is 130 Å². The lowest BCUT2D eigenvalue weighted by molar-refractivity contribution is 0.0826. The Morgan fingerprint density at radius 2 is 1.10 bits per heavy atom. The Labute approximate surface area is 433 Å². The van der Waals surface area contributed by atoms with Gasteiger partial charge in [-0.1, -0.05) is 48.0 Å². The van der Waals surface area contributed by atoms with Crippen LogP contribution in [0.5, 0.6) is 0 Å². The van der Waals surface area contributed by atoms with Crippen molar-refractivity contribution in [2.45, 2.75) is 26.7 Å². The predicted octanol–water partition coefficient (Wildman–Crippen LogP) is 6.05. The second-order valence-electron chi connectivity index (χ2n) is 16.1. The first-order valence-electron chi connectivity index (χ1n) is 22.4. The van der Waals surface area contributed by atoms with E-state index in [4.69, 9.17) is 23.2 Å². The maximum Gasteiger partial charge on any atom is 0.258 e. The molecule has 0 bridgehead atoms. The number of carbonyl (C=O) groups is 6. The summed E-state index contributed by atoms with van der Waals surface area (Å²) in [5.74, 6) is 2.50. The van der Waals surface area contributed by atoms with Crippen LogP contribution >= 0.6 is 23.2 Å². The fourth-order valence-electron chi connectivity index (χ4n) is 6.29. The Hall–Kier alpha value is -8.18. The number of hydrogen-bond acceptors (Lipinski definition) is 16. The lowest BCUT2D eigenvalue weighted by Gasteiger charge is -2.07. The number of nitrogens with one attached hydrogen (secondary N) is 4. The second-order valence-corrected chi connectivity index (χ2v) is 16.8. The second kappa shape index (κ2) is 28.6. The maximum atomic E-state index is 11.4. The fraction of sp³-hybridized carbons (Fsp3) is 0.333. The van der Waals surface area contributed by atoms with Crippen molar-refractivity contribution >= 4 is 81.3 Å². The summed E-state index contributed by atoms with van der Waals surface area (Å²) < 4.78 is 9.53. The van der Waals surface area contributed by atoms with Gasteiger partial charge in [-0.25, -0.2) is 0 Å². The number of aromatic nitrogens is 12. The molecule has 0 radical (unpaired) electrons. The number of allylic oxidation sites excluding steroid dienone is 2. The standard InChI is InChI=1S/C10H13N3O.C9H13N3O.C8H11N3O.C8H9N3O.C7H10ClN3O.C6H7ClN2O/c1-4-6-11-10-8(9(14)5-2)7-13(3)12-10;1-4-5-10-9-8(7(2)13)6-12(3)11-9;2*1-11-5-6-7(12)3-2-4-9-8(6)10-11;1-10(2)7(12)5-4-11(3)9-6(5)8;1-4(10)5-3-9(2)8-6(5)7/h4-5,7H,1-2,6H2,3H3,(H,11,12);4,6H,1,5H2,2-3H3,(H,10,11);5H,2-4H2,1H3,(H,9,10);2-3,5H,4H2,1H3,(H,9,10);4H,1-3H3;3H,1-2H3. The summed E-state index contributed by atoms with van der Waals surface area (Å²) in [4.78, 5) is 68.8. The van der Waals surface area contributed by atoms with Gasteiger partial charge in [-0.3, -0.25) is 56.9 Å². The van der Waals surface area contributed by atoms with Crippen molar-refractivity contribution < 1.29 is 28.8 Å². The summed E-state index contributed by atoms with van der Waals surface area (Å²) in [6.45, 7) is 16.3. The highest BCUT2D eigenvalue weighted by atomic mass is 35.5. The van der Waals surface area contributed by atoms with Crippen LogP contribution in [0.25, 0.3) is 0 Å². The molecule has 0 saturated carbocycles. The van der Waals surface area contributed by atoms with Gasteiger partial charge in [0.1, 0.15) is 0 Å². The molecule has 0 unspecified atom stereocenters. The molecule has 0 aliphatic carbocycles. The van der Waals surface area contributed by atoms with Crippen LogP contribution in [0.15, 0.2) is 87.3 Å². The van der Waals surface area contributed by atoms with Crippen molar-refractivity contribution in [3.05, 3.63) is 131 Å². The van der Waals surface area contributed by atoms with Crippen LogP contribution in [-0.4, -0.2) is 139 Å². The van der Waals surface area contributed by atoms with Gasteiger partial charge in [0.2, 0.25) is 0 Å². The largest absolute Gasteiger partial charge is 0.368 e. The lowest BCUT2D eigenvalue weighted by Crippen LogP contribution is -2.21. The number of halogens is 2. The van der Waals surface area contributed by atoms with Crippen molar-refractivity contribution in [1.82, 2.24) is 63.6 Å². The van der Waals surface area contributed by atoms with Crippen LogP contribution in [0.1, 0.15) is 88.8 Å². The predicted molar refractivity (Wildman–Crippen MR) is 283 cm³/mol. The molecule has 2 aliphatic heterocycles. The number of aryl methyl sites for hydroxylation is 6. The molecule has 0 fully saturated rings. The minimum atomic E-state index is -0.135. The zero-order valence-electron chi connectivity index (χ0n) is 42.7. The van der Waals surface area contributed by atoms with Crippen molar-refractivity contribution in [3.63, 3.8) is 0 Å². The third-order valence-electron chi connectivity index (χ3n) is 9.65. The van der Waals surface area contributed by atoms with Crippen molar-refractivity contribution in [1.29, 1.82) is 0 Å². The first kappa shape index (κ1) is 59.1. The van der Waals surface area contributed by atoms with Gasteiger partial charge in [0.25, 0.3) is 5.91 Å². The van der Waals surface area contributed by atoms with Gasteiger partial charge in [-0.15, -0.1) is 13.2 Å². The minimum Gasteiger partial charge on any atom is -0.368 e. The zero-order valence-corrected chi connectivity index (χ0v) is 44.2. The fourth-order valence-corrected chi connectivity index (χ4v) is 6.84. The van der Waals surface area contributed by atoms with Crippen LogP contribution in [0.4, 0.5) is 23.3 Å². The van der Waals surface area contributed by atoms with E-state index in [0.29, 0.717) is 71.3 Å². The zero-order chi connectivity index (χ0) is 54.5. The van der Waals surface area contributed by atoms with E-state index >= 15 is 0 Å². The van der Waals surface area contributed by atoms with Crippen LogP contribution in [0.2, 0.25) is 10.3 Å². The summed E-state index contributed by atoms with van der Waals surface area (Å²) in [7, 11) is 14.0. The molecular weight excluding hydrogens is 982 g/mol. The highest BCUT2D eigenvalue weighted by molar-refractivity contribution is 6.33. The van der Waals surface area contributed by atoms with Gasteiger partial charge in [-0.05, 0) is 32.4 Å². The topological polar surface area (TPSA) is 261 Å². The van der Waals surface area contributed by atoms with Gasteiger partial charge >= 0.3 is 0 Å². The minimum absolute atomic E-state index is 0.0136. The average Bonchev–Trinajstić information content (AvgIpc) is 4.19. The van der Waals surface area contributed by atoms with Crippen LogP contribution in [-0.2, 0) is 42.3 Å². The molecule has 390 valence electrons. The van der Waals surface area contributed by atoms with E-state index in [2.05, 4.69) is 71.6 Å². The highest BCUT2D eigenvalue weighted by Gasteiger charge is 2.19. The van der Waals surface area contributed by atoms with Gasteiger partial charge in [0, 0.05) is 126 Å². The van der Waals surface area contributed by atoms with E-state index < -0.39 is 0 Å². The first-order chi connectivity index (χ1) is 34.5. The number of amides is 1. The molecule has 0 atom stereocenters. The normalized spacial score (nSPS) is 11.8. The van der Waals surface area contributed by atoms with Crippen molar-refractivity contribution in [3.8, 4) is 0 Å². The van der Waals surface area contributed by atoms with E-state index in [9.17, 15) is 28.8 Å². The Bertz CT molecular complexity index is 2950. The summed E-state index contributed by atoms with van der Waals surface area (Å²) >= 11 is 11.3. The van der Waals surface area contributed by atoms with E-state index in [1.807, 2.05) is 7.05 Å². The smallest absolute Gasteiger partial charge is 0.258 e. The summed E-state index contributed by atoms with van der Waals surface area (Å²) in [5, 5.41) is 36.8. The Balaban J connectivity index is 0.000000232. The number of anilines is 4. The molecule has 2 aliphatic rings. The molecular formula is C48H63Cl2N17O6. The Morgan fingerprint density at radius 3 is 1.56 bits per heavy atom. The molecule has 73 heavy (non-hydrogen) atoms. The molecule has 6 aromatic heterocycles. The third-order valence-corrected chi connectivity index (χ3v) is 10.2. The van der Waals surface area contributed by atoms with Gasteiger partial charge in [-0.2, -0.15) is 30.6 Å². The monoisotopic (exact) mass is 1040 g/mol. The Kier molecular flexibility index (Phi) is 23.2. The maximum absolute atomic E-state index is 11.4. The van der Waals surface area contributed by atoms with Gasteiger partial charge < -0.3 is 26.2 Å². The lowest BCUT2D eigenvalue weighted by atomic mass is 10.1. The SMILES string of the molecule is C=CCNc1nn(C)cc1C(=O)C=C.C=CCNc1nn(C)cc1C(C)=O.CC(=O)c1cn(C)nc1Cl.CN(C)C(=O)c1cn(C)nc1Cl.Cn1cc2c(n1)NCC=CC2=O.Cn1cc2c(n1)NCCCC2=O. The number of rotatable bonds is 11. The molecule has 0 spiro atoms. The van der Waals surface area contributed by atoms with Crippen LogP contribution in [0.3, 0.4) is 0 Å². The molecule has 8 heterocycles. The third kappa shape index (κ3) is 18.2. The first-order valence-corrected chi connectivity index (χ1v) is 23.1. The summed E-state index contributed by atoms with van der Waals surface area (Å²) in [5.41, 5.74) is 3.43. The van der Waals surface area contributed by atoms with E-state index in [0.717, 1.165) is 24.3 Å². The number of nitrogens with zero attached hydrogens (tertiary/aromatic N) is 13. The van der Waals surface area contributed by atoms with E-state index in [-0.39, 0.29) is 45.1 Å². The quantitative estimate of drug-likeness (QED) is 0.0654. The number of Topliss-reactive ketones (excluding diaryl/α,β-unsaturated/α-hetero) is 3. The number of fused-ring (bicyclic) bond motifs is 2. The number of ketones is 5. The molecule has 25 heteroatoms. The van der Waals surface area contributed by atoms with Crippen molar-refractivity contribution in [2.24, 2.45) is 42.3 Å². The van der Waals surface area contributed by atoms with Gasteiger partial charge in [0.05, 0.1) is 33.4 Å². The molecule has 4 N–H and O–H groups in total. The van der Waals surface area contributed by atoms with Gasteiger partial charge in [0.15, 0.2) is 62.5 Å². The Morgan fingerprint density at radius 1 is 0.644 bits per heavy atom. The van der Waals surface area contributed by atoms with Crippen LogP contribution < -0.4 is 21.3 Å². The average molecular weight is 1050 g/mol. The van der Waals surface area contributed by atoms with Crippen LogP contribution in [0, 0.1) is 0 Å². The van der Waals surface area contributed by atoms with Crippen molar-refractivity contribution in [2.75, 3.05) is 61.5 Å².